The first-order chi connectivity index (χ1) is 8.65. The van der Waals surface area contributed by atoms with Crippen molar-refractivity contribution in [2.75, 3.05) is 6.54 Å². The number of halogens is 1. The van der Waals surface area contributed by atoms with Crippen LogP contribution < -0.4 is 0 Å². The monoisotopic (exact) mass is 249 g/mol. The van der Waals surface area contributed by atoms with Gasteiger partial charge in [-0.25, -0.2) is 4.39 Å². The van der Waals surface area contributed by atoms with Gasteiger partial charge in [0, 0.05) is 18.7 Å². The van der Waals surface area contributed by atoms with E-state index in [1.165, 1.54) is 25.0 Å². The number of rotatable bonds is 4. The van der Waals surface area contributed by atoms with Gasteiger partial charge in [0.25, 0.3) is 5.91 Å². The predicted octanol–water partition coefficient (Wildman–Crippen LogP) is 2.55. The lowest BCUT2D eigenvalue weighted by Gasteiger charge is -2.22. The number of benzene rings is 1. The summed E-state index contributed by atoms with van der Waals surface area (Å²) >= 11 is 0. The molecule has 3 nitrogen and oxygen atoms in total. The van der Waals surface area contributed by atoms with Crippen molar-refractivity contribution >= 4 is 5.91 Å². The van der Waals surface area contributed by atoms with Crippen molar-refractivity contribution in [1.82, 2.24) is 4.90 Å². The largest absolute Gasteiger partial charge is 0.507 e. The Kier molecular flexibility index (Phi) is 2.73. The summed E-state index contributed by atoms with van der Waals surface area (Å²) in [5, 5.41) is 9.68. The zero-order chi connectivity index (χ0) is 12.7. The SMILES string of the molecule is O=C(c1ccc(F)cc1O)N(CC1CC1)C1CC1. The molecule has 0 aliphatic heterocycles. The molecule has 96 valence electrons. The Balaban J connectivity index is 1.81. The Morgan fingerprint density at radius 3 is 2.61 bits per heavy atom. The van der Waals surface area contributed by atoms with Crippen molar-refractivity contribution in [3.05, 3.63) is 29.6 Å². The van der Waals surface area contributed by atoms with E-state index >= 15 is 0 Å². The topological polar surface area (TPSA) is 40.5 Å². The molecule has 0 bridgehead atoms. The molecule has 0 saturated heterocycles. The van der Waals surface area contributed by atoms with Crippen LogP contribution in [0, 0.1) is 11.7 Å². The summed E-state index contributed by atoms with van der Waals surface area (Å²) in [5.74, 6) is -0.329. The number of nitrogens with zero attached hydrogens (tertiary/aromatic N) is 1. The zero-order valence-corrected chi connectivity index (χ0v) is 10.1. The number of phenolic OH excluding ortho intramolecular Hbond substituents is 1. The first-order valence-corrected chi connectivity index (χ1v) is 6.44. The highest BCUT2D eigenvalue weighted by Crippen LogP contribution is 2.36. The smallest absolute Gasteiger partial charge is 0.257 e. The highest BCUT2D eigenvalue weighted by molar-refractivity contribution is 5.97. The average Bonchev–Trinajstić information content (AvgIpc) is 3.18. The molecule has 1 amide bonds. The number of hydrogen-bond acceptors (Lipinski definition) is 2. The Labute approximate surface area is 105 Å². The summed E-state index contributed by atoms with van der Waals surface area (Å²) in [6, 6.07) is 3.91. The van der Waals surface area contributed by atoms with E-state index in [1.54, 1.807) is 0 Å². The highest BCUT2D eigenvalue weighted by atomic mass is 19.1. The van der Waals surface area contributed by atoms with Crippen molar-refractivity contribution in [3.63, 3.8) is 0 Å². The number of carbonyl (C=O) groups excluding carboxylic acids is 1. The third-order valence-corrected chi connectivity index (χ3v) is 3.59. The van der Waals surface area contributed by atoms with Crippen molar-refractivity contribution < 1.29 is 14.3 Å². The molecule has 0 radical (unpaired) electrons. The van der Waals surface area contributed by atoms with Gasteiger partial charge in [0.1, 0.15) is 11.6 Å². The molecule has 1 N–H and O–H groups in total. The van der Waals surface area contributed by atoms with Crippen LogP contribution in [0.15, 0.2) is 18.2 Å². The molecule has 1 aromatic rings. The minimum atomic E-state index is -0.524. The normalized spacial score (nSPS) is 18.7. The van der Waals surface area contributed by atoms with E-state index in [9.17, 15) is 14.3 Å². The molecular formula is C14H16FNO2. The lowest BCUT2D eigenvalue weighted by atomic mass is 10.1. The summed E-state index contributed by atoms with van der Waals surface area (Å²) < 4.78 is 12.9. The van der Waals surface area contributed by atoms with Gasteiger partial charge in [-0.1, -0.05) is 0 Å². The van der Waals surface area contributed by atoms with Crippen LogP contribution in [0.4, 0.5) is 4.39 Å². The van der Waals surface area contributed by atoms with Gasteiger partial charge in [-0.3, -0.25) is 4.79 Å². The van der Waals surface area contributed by atoms with E-state index < -0.39 is 5.82 Å². The standard InChI is InChI=1S/C14H16FNO2/c15-10-3-6-12(13(17)7-10)14(18)16(11-4-5-11)8-9-1-2-9/h3,6-7,9,11,17H,1-2,4-5,8H2. The van der Waals surface area contributed by atoms with Gasteiger partial charge >= 0.3 is 0 Å². The minimum Gasteiger partial charge on any atom is -0.507 e. The molecule has 3 rings (SSSR count). The third-order valence-electron chi connectivity index (χ3n) is 3.59. The van der Waals surface area contributed by atoms with Crippen LogP contribution in [0.3, 0.4) is 0 Å². The van der Waals surface area contributed by atoms with Gasteiger partial charge in [0.2, 0.25) is 0 Å². The zero-order valence-electron chi connectivity index (χ0n) is 10.1. The van der Waals surface area contributed by atoms with Crippen LogP contribution in [-0.4, -0.2) is 28.5 Å². The number of aromatic hydroxyl groups is 1. The molecule has 1 aromatic carbocycles. The number of phenols is 1. The summed E-state index contributed by atoms with van der Waals surface area (Å²) in [6.07, 6.45) is 4.46. The maximum absolute atomic E-state index is 12.9. The summed E-state index contributed by atoms with van der Waals surface area (Å²) in [7, 11) is 0. The molecule has 18 heavy (non-hydrogen) atoms. The van der Waals surface area contributed by atoms with Crippen molar-refractivity contribution in [2.24, 2.45) is 5.92 Å². The molecule has 0 spiro atoms. The maximum atomic E-state index is 12.9. The number of hydrogen-bond donors (Lipinski definition) is 1. The Morgan fingerprint density at radius 1 is 1.33 bits per heavy atom. The highest BCUT2D eigenvalue weighted by Gasteiger charge is 2.37. The summed E-state index contributed by atoms with van der Waals surface area (Å²) in [5.41, 5.74) is 0.212. The predicted molar refractivity (Wildman–Crippen MR) is 64.8 cm³/mol. The van der Waals surface area contributed by atoms with E-state index in [0.29, 0.717) is 12.0 Å². The Bertz CT molecular complexity index is 481. The fourth-order valence-electron chi connectivity index (χ4n) is 2.20. The molecule has 2 aliphatic carbocycles. The van der Waals surface area contributed by atoms with Crippen molar-refractivity contribution in [1.29, 1.82) is 0 Å². The lowest BCUT2D eigenvalue weighted by Crippen LogP contribution is -2.34. The van der Waals surface area contributed by atoms with Gasteiger partial charge in [0.05, 0.1) is 5.56 Å². The summed E-state index contributed by atoms with van der Waals surface area (Å²) in [6.45, 7) is 0.778. The Morgan fingerprint density at radius 2 is 2.06 bits per heavy atom. The fourth-order valence-corrected chi connectivity index (χ4v) is 2.20. The fraction of sp³-hybridized carbons (Fsp3) is 0.500. The molecule has 0 heterocycles. The van der Waals surface area contributed by atoms with E-state index in [-0.39, 0.29) is 17.2 Å². The third kappa shape index (κ3) is 2.33. The van der Waals surface area contributed by atoms with Gasteiger partial charge < -0.3 is 10.0 Å². The van der Waals surface area contributed by atoms with Crippen LogP contribution in [-0.2, 0) is 0 Å². The lowest BCUT2D eigenvalue weighted by molar-refractivity contribution is 0.0731. The molecule has 2 aliphatic rings. The van der Waals surface area contributed by atoms with Gasteiger partial charge in [0.15, 0.2) is 0 Å². The van der Waals surface area contributed by atoms with E-state index in [0.717, 1.165) is 25.5 Å². The number of carbonyl (C=O) groups is 1. The molecular weight excluding hydrogens is 233 g/mol. The minimum absolute atomic E-state index is 0.165. The van der Waals surface area contributed by atoms with Crippen LogP contribution in [0.1, 0.15) is 36.0 Å². The van der Waals surface area contributed by atoms with E-state index in [1.807, 2.05) is 4.90 Å². The quantitative estimate of drug-likeness (QED) is 0.890. The van der Waals surface area contributed by atoms with E-state index in [2.05, 4.69) is 0 Å². The molecule has 4 heteroatoms. The molecule has 0 aromatic heterocycles. The molecule has 0 unspecified atom stereocenters. The first-order valence-electron chi connectivity index (χ1n) is 6.44. The molecule has 2 fully saturated rings. The van der Waals surface area contributed by atoms with Crippen molar-refractivity contribution in [3.8, 4) is 5.75 Å². The van der Waals surface area contributed by atoms with E-state index in [4.69, 9.17) is 0 Å². The van der Waals surface area contributed by atoms with Gasteiger partial charge in [-0.2, -0.15) is 0 Å². The first kappa shape index (κ1) is 11.5. The Hall–Kier alpha value is -1.58. The molecule has 2 saturated carbocycles. The second-order valence-corrected chi connectivity index (χ2v) is 5.29. The number of amides is 1. The second kappa shape index (κ2) is 4.26. The van der Waals surface area contributed by atoms with Gasteiger partial charge in [-0.05, 0) is 43.7 Å². The van der Waals surface area contributed by atoms with Crippen LogP contribution >= 0.6 is 0 Å². The second-order valence-electron chi connectivity index (χ2n) is 5.29. The van der Waals surface area contributed by atoms with Gasteiger partial charge in [-0.15, -0.1) is 0 Å². The molecule has 0 atom stereocenters. The van der Waals surface area contributed by atoms with Crippen LogP contribution in [0.5, 0.6) is 5.75 Å². The summed E-state index contributed by atoms with van der Waals surface area (Å²) in [4.78, 5) is 14.2. The van der Waals surface area contributed by atoms with Crippen molar-refractivity contribution in [2.45, 2.75) is 31.7 Å². The maximum Gasteiger partial charge on any atom is 0.257 e. The average molecular weight is 249 g/mol. The van der Waals surface area contributed by atoms with Crippen LogP contribution in [0.2, 0.25) is 0 Å². The van der Waals surface area contributed by atoms with Crippen LogP contribution in [0.25, 0.3) is 0 Å².